The zero-order valence-corrected chi connectivity index (χ0v) is 16.7. The van der Waals surface area contributed by atoms with Crippen LogP contribution in [0.2, 0.25) is 0 Å². The number of hydrogen-bond donors (Lipinski definition) is 1. The Bertz CT molecular complexity index is 1290. The molecule has 2 aromatic heterocycles. The molecule has 0 saturated carbocycles. The largest absolute Gasteiger partial charge is 0.298 e. The number of rotatable bonds is 4. The van der Waals surface area contributed by atoms with Gasteiger partial charge in [0.25, 0.3) is 5.91 Å². The van der Waals surface area contributed by atoms with E-state index < -0.39 is 9.84 Å². The summed E-state index contributed by atoms with van der Waals surface area (Å²) in [6.07, 6.45) is 4.65. The number of anilines is 1. The molecule has 0 radical (unpaired) electrons. The van der Waals surface area contributed by atoms with Gasteiger partial charge in [0, 0.05) is 24.2 Å². The van der Waals surface area contributed by atoms with Gasteiger partial charge < -0.3 is 0 Å². The fraction of sp³-hybridized carbons (Fsp3) is 0.105. The average Bonchev–Trinajstić information content (AvgIpc) is 3.29. The molecule has 1 N–H and O–H groups in total. The zero-order valence-electron chi connectivity index (χ0n) is 15.1. The number of aryl methyl sites for hydroxylation is 1. The van der Waals surface area contributed by atoms with Crippen LogP contribution in [0.3, 0.4) is 0 Å². The van der Waals surface area contributed by atoms with Gasteiger partial charge in [-0.1, -0.05) is 17.4 Å². The standard InChI is InChI=1S/C19H16N4O3S2/c1-12-4-5-13(10-16(12)23-9-3-8-20-23)18(24)22-19-21-15-11-14(28(2,25)26)6-7-17(15)27-19/h3-11H,1-2H3,(H,21,22,24). The highest BCUT2D eigenvalue weighted by Crippen LogP contribution is 2.28. The molecule has 2 heterocycles. The Morgan fingerprint density at radius 3 is 2.71 bits per heavy atom. The fourth-order valence-electron chi connectivity index (χ4n) is 2.77. The van der Waals surface area contributed by atoms with E-state index in [4.69, 9.17) is 0 Å². The minimum Gasteiger partial charge on any atom is -0.298 e. The summed E-state index contributed by atoms with van der Waals surface area (Å²) in [6.45, 7) is 1.95. The molecule has 0 aliphatic rings. The topological polar surface area (TPSA) is 94.0 Å². The Morgan fingerprint density at radius 2 is 2.00 bits per heavy atom. The summed E-state index contributed by atoms with van der Waals surface area (Å²) < 4.78 is 25.9. The molecule has 0 spiro atoms. The molecule has 0 saturated heterocycles. The predicted octanol–water partition coefficient (Wildman–Crippen LogP) is 3.45. The number of amides is 1. The molecule has 0 unspecified atom stereocenters. The number of thiazole rings is 1. The molecule has 142 valence electrons. The third kappa shape index (κ3) is 3.54. The number of carbonyl (C=O) groups is 1. The first-order chi connectivity index (χ1) is 13.3. The molecule has 0 aliphatic carbocycles. The lowest BCUT2D eigenvalue weighted by molar-refractivity contribution is 0.102. The molecular weight excluding hydrogens is 396 g/mol. The van der Waals surface area contributed by atoms with Crippen LogP contribution in [0, 0.1) is 6.92 Å². The van der Waals surface area contributed by atoms with Crippen molar-refractivity contribution in [3.63, 3.8) is 0 Å². The minimum atomic E-state index is -3.31. The number of nitrogens with zero attached hydrogens (tertiary/aromatic N) is 3. The van der Waals surface area contributed by atoms with Crippen LogP contribution >= 0.6 is 11.3 Å². The van der Waals surface area contributed by atoms with Gasteiger partial charge in [0.05, 0.1) is 20.8 Å². The van der Waals surface area contributed by atoms with E-state index in [9.17, 15) is 13.2 Å². The van der Waals surface area contributed by atoms with E-state index in [1.165, 1.54) is 23.5 Å². The maximum Gasteiger partial charge on any atom is 0.257 e. The van der Waals surface area contributed by atoms with E-state index >= 15 is 0 Å². The Labute approximate surface area is 165 Å². The van der Waals surface area contributed by atoms with Gasteiger partial charge in [-0.25, -0.2) is 18.1 Å². The van der Waals surface area contributed by atoms with Gasteiger partial charge in [-0.2, -0.15) is 5.10 Å². The normalized spacial score (nSPS) is 11.6. The number of fused-ring (bicyclic) bond motifs is 1. The van der Waals surface area contributed by atoms with E-state index in [1.807, 2.05) is 25.3 Å². The van der Waals surface area contributed by atoms with Crippen LogP contribution in [0.4, 0.5) is 5.13 Å². The SMILES string of the molecule is Cc1ccc(C(=O)Nc2nc3cc(S(C)(=O)=O)ccc3s2)cc1-n1cccn1. The van der Waals surface area contributed by atoms with Gasteiger partial charge in [0.2, 0.25) is 0 Å². The Morgan fingerprint density at radius 1 is 1.18 bits per heavy atom. The minimum absolute atomic E-state index is 0.200. The van der Waals surface area contributed by atoms with Crippen molar-refractivity contribution in [1.82, 2.24) is 14.8 Å². The summed E-state index contributed by atoms with van der Waals surface area (Å²) >= 11 is 1.29. The Hall–Kier alpha value is -3.04. The number of aromatic nitrogens is 3. The van der Waals surface area contributed by atoms with Crippen LogP contribution in [-0.4, -0.2) is 35.3 Å². The summed E-state index contributed by atoms with van der Waals surface area (Å²) in [7, 11) is -3.31. The molecule has 2 aromatic carbocycles. The third-order valence-electron chi connectivity index (χ3n) is 4.23. The summed E-state index contributed by atoms with van der Waals surface area (Å²) in [5, 5.41) is 7.41. The van der Waals surface area contributed by atoms with Crippen molar-refractivity contribution in [2.45, 2.75) is 11.8 Å². The smallest absolute Gasteiger partial charge is 0.257 e. The second kappa shape index (κ2) is 6.84. The van der Waals surface area contributed by atoms with Crippen molar-refractivity contribution in [2.24, 2.45) is 0 Å². The van der Waals surface area contributed by atoms with Crippen LogP contribution in [-0.2, 0) is 9.84 Å². The van der Waals surface area contributed by atoms with Crippen LogP contribution in [0.15, 0.2) is 59.8 Å². The summed E-state index contributed by atoms with van der Waals surface area (Å²) in [5.41, 5.74) is 2.82. The highest BCUT2D eigenvalue weighted by molar-refractivity contribution is 7.90. The molecule has 4 aromatic rings. The maximum atomic E-state index is 12.7. The summed E-state index contributed by atoms with van der Waals surface area (Å²) in [5.74, 6) is -0.296. The second-order valence-corrected chi connectivity index (χ2v) is 9.37. The average molecular weight is 412 g/mol. The molecule has 7 nitrogen and oxygen atoms in total. The van der Waals surface area contributed by atoms with E-state index in [0.29, 0.717) is 16.2 Å². The first-order valence-electron chi connectivity index (χ1n) is 8.34. The van der Waals surface area contributed by atoms with Gasteiger partial charge in [-0.3, -0.25) is 10.1 Å². The van der Waals surface area contributed by atoms with Crippen molar-refractivity contribution in [1.29, 1.82) is 0 Å². The highest BCUT2D eigenvalue weighted by Gasteiger charge is 2.14. The number of nitrogens with one attached hydrogen (secondary N) is 1. The van der Waals surface area contributed by atoms with E-state index in [-0.39, 0.29) is 10.8 Å². The van der Waals surface area contributed by atoms with E-state index in [1.54, 1.807) is 29.1 Å². The maximum absolute atomic E-state index is 12.7. The van der Waals surface area contributed by atoms with Gasteiger partial charge in [-0.15, -0.1) is 0 Å². The molecule has 28 heavy (non-hydrogen) atoms. The van der Waals surface area contributed by atoms with Gasteiger partial charge in [0.15, 0.2) is 15.0 Å². The van der Waals surface area contributed by atoms with Crippen molar-refractivity contribution in [2.75, 3.05) is 11.6 Å². The van der Waals surface area contributed by atoms with Gasteiger partial charge in [0.1, 0.15) is 0 Å². The van der Waals surface area contributed by atoms with Crippen LogP contribution in [0.25, 0.3) is 15.9 Å². The third-order valence-corrected chi connectivity index (χ3v) is 6.29. The highest BCUT2D eigenvalue weighted by atomic mass is 32.2. The fourth-order valence-corrected chi connectivity index (χ4v) is 4.25. The number of benzene rings is 2. The van der Waals surface area contributed by atoms with Crippen molar-refractivity contribution in [3.05, 3.63) is 66.0 Å². The molecule has 4 rings (SSSR count). The second-order valence-electron chi connectivity index (χ2n) is 6.33. The molecule has 0 bridgehead atoms. The molecule has 9 heteroatoms. The van der Waals surface area contributed by atoms with Gasteiger partial charge >= 0.3 is 0 Å². The van der Waals surface area contributed by atoms with E-state index in [0.717, 1.165) is 22.2 Å². The van der Waals surface area contributed by atoms with Crippen LogP contribution < -0.4 is 5.32 Å². The molecular formula is C19H16N4O3S2. The first-order valence-corrected chi connectivity index (χ1v) is 11.0. The Kier molecular flexibility index (Phi) is 4.48. The molecule has 1 amide bonds. The lowest BCUT2D eigenvalue weighted by Crippen LogP contribution is -2.12. The van der Waals surface area contributed by atoms with E-state index in [2.05, 4.69) is 15.4 Å². The number of hydrogen-bond acceptors (Lipinski definition) is 6. The molecule has 0 fully saturated rings. The Balaban J connectivity index is 1.63. The van der Waals surface area contributed by atoms with Crippen molar-refractivity contribution in [3.8, 4) is 5.69 Å². The van der Waals surface area contributed by atoms with Crippen molar-refractivity contribution < 1.29 is 13.2 Å². The number of carbonyl (C=O) groups excluding carboxylic acids is 1. The van der Waals surface area contributed by atoms with Crippen LogP contribution in [0.1, 0.15) is 15.9 Å². The summed E-state index contributed by atoms with van der Waals surface area (Å²) in [4.78, 5) is 17.2. The first kappa shape index (κ1) is 18.3. The monoisotopic (exact) mass is 412 g/mol. The van der Waals surface area contributed by atoms with Crippen LogP contribution in [0.5, 0.6) is 0 Å². The quantitative estimate of drug-likeness (QED) is 0.554. The molecule has 0 aliphatic heterocycles. The van der Waals surface area contributed by atoms with Crippen molar-refractivity contribution >= 4 is 42.4 Å². The molecule has 0 atom stereocenters. The summed E-state index contributed by atoms with van der Waals surface area (Å²) in [6, 6.07) is 11.9. The lowest BCUT2D eigenvalue weighted by Gasteiger charge is -2.08. The van der Waals surface area contributed by atoms with Gasteiger partial charge in [-0.05, 0) is 48.9 Å². The predicted molar refractivity (Wildman–Crippen MR) is 109 cm³/mol. The zero-order chi connectivity index (χ0) is 19.9. The number of sulfone groups is 1. The lowest BCUT2D eigenvalue weighted by atomic mass is 10.1.